The van der Waals surface area contributed by atoms with Crippen LogP contribution < -0.4 is 0 Å². The van der Waals surface area contributed by atoms with Gasteiger partial charge in [-0.2, -0.15) is 4.98 Å². The molecule has 1 amide bonds. The predicted octanol–water partition coefficient (Wildman–Crippen LogP) is 5.06. The number of aromatic nitrogens is 2. The van der Waals surface area contributed by atoms with E-state index in [4.69, 9.17) is 27.7 Å². The Labute approximate surface area is 166 Å². The molecule has 0 saturated carbocycles. The van der Waals surface area contributed by atoms with E-state index in [2.05, 4.69) is 10.1 Å². The molecule has 27 heavy (non-hydrogen) atoms. The maximum absolute atomic E-state index is 12.7. The number of likely N-dealkylation sites (tertiary alicyclic amines) is 1. The van der Waals surface area contributed by atoms with Gasteiger partial charge >= 0.3 is 0 Å². The molecule has 0 unspecified atom stereocenters. The lowest BCUT2D eigenvalue weighted by Crippen LogP contribution is -2.38. The summed E-state index contributed by atoms with van der Waals surface area (Å²) >= 11 is 12.0. The fraction of sp³-hybridized carbons (Fsp3) is 0.250. The third-order valence-corrected chi connectivity index (χ3v) is 5.15. The molecule has 2 aromatic carbocycles. The van der Waals surface area contributed by atoms with Crippen molar-refractivity contribution >= 4 is 29.1 Å². The number of halogens is 2. The molecule has 1 fully saturated rings. The van der Waals surface area contributed by atoms with E-state index in [0.29, 0.717) is 40.4 Å². The lowest BCUT2D eigenvalue weighted by molar-refractivity contribution is 0.0704. The van der Waals surface area contributed by atoms with Crippen molar-refractivity contribution in [3.63, 3.8) is 0 Å². The maximum atomic E-state index is 12.7. The zero-order valence-electron chi connectivity index (χ0n) is 14.4. The normalized spacial score (nSPS) is 15.1. The SMILES string of the molecule is O=C(c1cc(Cl)cc(Cl)c1)N1CCC(c2nc(-c3ccccc3)no2)CC1. The van der Waals surface area contributed by atoms with Crippen LogP contribution in [-0.4, -0.2) is 34.0 Å². The third-order valence-electron chi connectivity index (χ3n) is 4.71. The molecule has 0 N–H and O–H groups in total. The van der Waals surface area contributed by atoms with Gasteiger partial charge in [-0.25, -0.2) is 0 Å². The van der Waals surface area contributed by atoms with Gasteiger partial charge in [-0.3, -0.25) is 4.79 Å². The molecule has 3 aromatic rings. The van der Waals surface area contributed by atoms with E-state index in [1.807, 2.05) is 35.2 Å². The van der Waals surface area contributed by atoms with Gasteiger partial charge < -0.3 is 9.42 Å². The lowest BCUT2D eigenvalue weighted by atomic mass is 9.96. The second-order valence-electron chi connectivity index (χ2n) is 6.55. The van der Waals surface area contributed by atoms with E-state index in [0.717, 1.165) is 18.4 Å². The van der Waals surface area contributed by atoms with Gasteiger partial charge in [0.05, 0.1) is 0 Å². The largest absolute Gasteiger partial charge is 0.339 e. The van der Waals surface area contributed by atoms with Crippen molar-refractivity contribution in [2.24, 2.45) is 0 Å². The lowest BCUT2D eigenvalue weighted by Gasteiger charge is -2.30. The highest BCUT2D eigenvalue weighted by molar-refractivity contribution is 6.35. The molecule has 1 aromatic heterocycles. The van der Waals surface area contributed by atoms with Crippen molar-refractivity contribution in [3.05, 3.63) is 70.0 Å². The topological polar surface area (TPSA) is 59.2 Å². The Morgan fingerprint density at radius 3 is 2.37 bits per heavy atom. The van der Waals surface area contributed by atoms with Gasteiger partial charge in [0.1, 0.15) is 0 Å². The molecule has 138 valence electrons. The summed E-state index contributed by atoms with van der Waals surface area (Å²) in [5.74, 6) is 1.32. The first-order valence-corrected chi connectivity index (χ1v) is 9.50. The van der Waals surface area contributed by atoms with Crippen molar-refractivity contribution in [1.29, 1.82) is 0 Å². The zero-order chi connectivity index (χ0) is 18.8. The van der Waals surface area contributed by atoms with E-state index in [1.54, 1.807) is 18.2 Å². The molecular weight excluding hydrogens is 385 g/mol. The molecule has 2 heterocycles. The van der Waals surface area contributed by atoms with Gasteiger partial charge in [0.2, 0.25) is 11.7 Å². The standard InChI is InChI=1S/C20H17Cl2N3O2/c21-16-10-15(11-17(22)12-16)20(26)25-8-6-14(7-9-25)19-23-18(24-27-19)13-4-2-1-3-5-13/h1-5,10-12,14H,6-9H2. The van der Waals surface area contributed by atoms with Crippen molar-refractivity contribution in [3.8, 4) is 11.4 Å². The minimum atomic E-state index is -0.0617. The predicted molar refractivity (Wildman–Crippen MR) is 104 cm³/mol. The first kappa shape index (κ1) is 18.0. The summed E-state index contributed by atoms with van der Waals surface area (Å²) in [6.45, 7) is 1.24. The Bertz CT molecular complexity index is 931. The van der Waals surface area contributed by atoms with Crippen molar-refractivity contribution < 1.29 is 9.32 Å². The number of hydrogen-bond acceptors (Lipinski definition) is 4. The second-order valence-corrected chi connectivity index (χ2v) is 7.42. The molecule has 0 atom stereocenters. The second kappa shape index (κ2) is 7.71. The first-order chi connectivity index (χ1) is 13.1. The highest BCUT2D eigenvalue weighted by Crippen LogP contribution is 2.29. The Hall–Kier alpha value is -2.37. The van der Waals surface area contributed by atoms with Gasteiger partial charge in [0.15, 0.2) is 0 Å². The fourth-order valence-corrected chi connectivity index (χ4v) is 3.82. The average molecular weight is 402 g/mol. The van der Waals surface area contributed by atoms with Crippen LogP contribution in [0, 0.1) is 0 Å². The minimum Gasteiger partial charge on any atom is -0.339 e. The number of rotatable bonds is 3. The number of amides is 1. The van der Waals surface area contributed by atoms with Crippen molar-refractivity contribution in [1.82, 2.24) is 15.0 Å². The molecule has 4 rings (SSSR count). The van der Waals surface area contributed by atoms with Gasteiger partial charge in [-0.15, -0.1) is 0 Å². The molecule has 0 spiro atoms. The molecular formula is C20H17Cl2N3O2. The molecule has 5 nitrogen and oxygen atoms in total. The zero-order valence-corrected chi connectivity index (χ0v) is 16.0. The van der Waals surface area contributed by atoms with Crippen LogP contribution in [0.15, 0.2) is 53.1 Å². The number of carbonyl (C=O) groups is 1. The van der Waals surface area contributed by atoms with Gasteiger partial charge in [0.25, 0.3) is 5.91 Å². The molecule has 0 radical (unpaired) electrons. The van der Waals surface area contributed by atoms with Crippen LogP contribution in [0.3, 0.4) is 0 Å². The van der Waals surface area contributed by atoms with Crippen LogP contribution in [-0.2, 0) is 0 Å². The monoisotopic (exact) mass is 401 g/mol. The first-order valence-electron chi connectivity index (χ1n) is 8.74. The van der Waals surface area contributed by atoms with E-state index in [9.17, 15) is 4.79 Å². The van der Waals surface area contributed by atoms with Crippen LogP contribution >= 0.6 is 23.2 Å². The van der Waals surface area contributed by atoms with E-state index >= 15 is 0 Å². The molecule has 1 aliphatic rings. The highest BCUT2D eigenvalue weighted by Gasteiger charge is 2.28. The Balaban J connectivity index is 1.42. The molecule has 0 aliphatic carbocycles. The molecule has 0 bridgehead atoms. The van der Waals surface area contributed by atoms with Gasteiger partial charge in [-0.1, -0.05) is 58.7 Å². The van der Waals surface area contributed by atoms with E-state index in [-0.39, 0.29) is 11.8 Å². The third kappa shape index (κ3) is 3.99. The minimum absolute atomic E-state index is 0.0617. The summed E-state index contributed by atoms with van der Waals surface area (Å²) in [5, 5.41) is 5.00. The highest BCUT2D eigenvalue weighted by atomic mass is 35.5. The van der Waals surface area contributed by atoms with Gasteiger partial charge in [0, 0.05) is 40.2 Å². The van der Waals surface area contributed by atoms with Crippen LogP contribution in [0.5, 0.6) is 0 Å². The number of benzene rings is 2. The number of carbonyl (C=O) groups excluding carboxylic acids is 1. The summed E-state index contributed by atoms with van der Waals surface area (Å²) in [6, 6.07) is 14.6. The number of nitrogens with zero attached hydrogens (tertiary/aromatic N) is 3. The molecule has 1 saturated heterocycles. The quantitative estimate of drug-likeness (QED) is 0.614. The average Bonchev–Trinajstić information content (AvgIpc) is 3.18. The van der Waals surface area contributed by atoms with Gasteiger partial charge in [-0.05, 0) is 31.0 Å². The van der Waals surface area contributed by atoms with Crippen molar-refractivity contribution in [2.75, 3.05) is 13.1 Å². The van der Waals surface area contributed by atoms with Crippen molar-refractivity contribution in [2.45, 2.75) is 18.8 Å². The summed E-state index contributed by atoms with van der Waals surface area (Å²) in [6.07, 6.45) is 1.55. The number of piperidine rings is 1. The van der Waals surface area contributed by atoms with Crippen LogP contribution in [0.25, 0.3) is 11.4 Å². The maximum Gasteiger partial charge on any atom is 0.253 e. The summed E-state index contributed by atoms with van der Waals surface area (Å²) in [7, 11) is 0. The molecule has 1 aliphatic heterocycles. The summed E-state index contributed by atoms with van der Waals surface area (Å²) < 4.78 is 5.47. The Morgan fingerprint density at radius 1 is 1.04 bits per heavy atom. The van der Waals surface area contributed by atoms with E-state index < -0.39 is 0 Å². The Morgan fingerprint density at radius 2 is 1.70 bits per heavy atom. The van der Waals surface area contributed by atoms with Crippen LogP contribution in [0.1, 0.15) is 35.0 Å². The summed E-state index contributed by atoms with van der Waals surface area (Å²) in [4.78, 5) is 19.0. The summed E-state index contributed by atoms with van der Waals surface area (Å²) in [5.41, 5.74) is 1.44. The fourth-order valence-electron chi connectivity index (χ4n) is 3.29. The Kier molecular flexibility index (Phi) is 5.14. The molecule has 7 heteroatoms. The van der Waals surface area contributed by atoms with E-state index in [1.165, 1.54) is 0 Å². The van der Waals surface area contributed by atoms with Crippen LogP contribution in [0.2, 0.25) is 10.0 Å². The number of hydrogen-bond donors (Lipinski definition) is 0. The van der Waals surface area contributed by atoms with Crippen LogP contribution in [0.4, 0.5) is 0 Å². The smallest absolute Gasteiger partial charge is 0.253 e.